The molecule has 0 aliphatic carbocycles. The van der Waals surface area contributed by atoms with E-state index in [4.69, 9.17) is 11.5 Å². The summed E-state index contributed by atoms with van der Waals surface area (Å²) in [5.41, 5.74) is 16.0. The number of rotatable bonds is 6. The molecule has 2 rings (SSSR count). The first-order chi connectivity index (χ1) is 12.1. The summed E-state index contributed by atoms with van der Waals surface area (Å²) in [6, 6.07) is 16.7. The molecule has 0 aliphatic heterocycles. The monoisotopic (exact) mass is 342 g/mol. The minimum absolute atomic E-state index is 0.645. The van der Waals surface area contributed by atoms with Gasteiger partial charge in [-0.05, 0) is 54.0 Å². The normalized spacial score (nSPS) is 9.72. The van der Waals surface area contributed by atoms with Gasteiger partial charge in [0.2, 0.25) is 0 Å². The molecule has 0 atom stereocenters. The maximum atomic E-state index is 5.61. The molecule has 2 heteroatoms. The summed E-state index contributed by atoms with van der Waals surface area (Å²) in [6.07, 6.45) is 4.80. The maximum Gasteiger partial charge on any atom is 0.0314 e. The fourth-order valence-corrected chi connectivity index (χ4v) is 2.66. The third kappa shape index (κ3) is 9.31. The second-order valence-electron chi connectivity index (χ2n) is 5.95. The number of nitrogen functional groups attached to an aromatic ring is 1. The molecule has 2 aromatic rings. The second-order valence-corrected chi connectivity index (χ2v) is 5.95. The van der Waals surface area contributed by atoms with E-state index in [0.717, 1.165) is 5.69 Å². The Balaban J connectivity index is 0.000000421. The summed E-state index contributed by atoms with van der Waals surface area (Å²) in [4.78, 5) is 0. The molecule has 0 amide bonds. The Labute approximate surface area is 155 Å². The van der Waals surface area contributed by atoms with Crippen molar-refractivity contribution in [3.8, 4) is 0 Å². The molecule has 0 radical (unpaired) electrons. The summed E-state index contributed by atoms with van der Waals surface area (Å²) in [5, 5.41) is 0. The molecule has 0 spiro atoms. The van der Waals surface area contributed by atoms with Crippen molar-refractivity contribution in [3.63, 3.8) is 0 Å². The lowest BCUT2D eigenvalue weighted by Crippen LogP contribution is -1.95. The van der Waals surface area contributed by atoms with Gasteiger partial charge in [-0.2, -0.15) is 0 Å². The van der Waals surface area contributed by atoms with Crippen LogP contribution in [0.2, 0.25) is 0 Å². The standard InChI is InChI=1S/C11H17N.C10H15N.C2H6/c1-3-9(4-2)10-5-7-11(12)8-6-10;1-2-3-9-4-6-10(8-11)7-5-9;1-2/h5-9H,3-4,12H2,1-2H3;4-7H,2-3,8,11H2,1H3;1-2H3. The third-order valence-electron chi connectivity index (χ3n) is 4.19. The van der Waals surface area contributed by atoms with Crippen LogP contribution in [0.15, 0.2) is 48.5 Å². The predicted octanol–water partition coefficient (Wildman–Crippen LogP) is 6.30. The number of aryl methyl sites for hydroxylation is 1. The predicted molar refractivity (Wildman–Crippen MR) is 114 cm³/mol. The van der Waals surface area contributed by atoms with Crippen LogP contribution in [-0.2, 0) is 13.0 Å². The zero-order valence-corrected chi connectivity index (χ0v) is 16.9. The number of anilines is 1. The van der Waals surface area contributed by atoms with Crippen molar-refractivity contribution in [1.82, 2.24) is 0 Å². The van der Waals surface area contributed by atoms with Crippen LogP contribution in [-0.4, -0.2) is 0 Å². The van der Waals surface area contributed by atoms with Crippen LogP contribution < -0.4 is 11.5 Å². The van der Waals surface area contributed by atoms with Gasteiger partial charge in [-0.3, -0.25) is 0 Å². The number of hydrogen-bond donors (Lipinski definition) is 2. The van der Waals surface area contributed by atoms with Crippen molar-refractivity contribution in [2.45, 2.75) is 72.8 Å². The first-order valence-electron chi connectivity index (χ1n) is 9.77. The highest BCUT2D eigenvalue weighted by molar-refractivity contribution is 5.40. The van der Waals surface area contributed by atoms with Gasteiger partial charge in [0.25, 0.3) is 0 Å². The van der Waals surface area contributed by atoms with Crippen LogP contribution in [0.3, 0.4) is 0 Å². The van der Waals surface area contributed by atoms with Crippen LogP contribution >= 0.6 is 0 Å². The van der Waals surface area contributed by atoms with Gasteiger partial charge in [0, 0.05) is 12.2 Å². The van der Waals surface area contributed by atoms with Gasteiger partial charge in [0.15, 0.2) is 0 Å². The first kappa shape index (κ1) is 23.2. The molecule has 0 unspecified atom stereocenters. The second kappa shape index (κ2) is 14.5. The summed E-state index contributed by atoms with van der Waals surface area (Å²) in [5.74, 6) is 0.700. The Hall–Kier alpha value is -1.80. The lowest BCUT2D eigenvalue weighted by atomic mass is 9.94. The van der Waals surface area contributed by atoms with Crippen LogP contribution in [0.5, 0.6) is 0 Å². The fraction of sp³-hybridized carbons (Fsp3) is 0.478. The van der Waals surface area contributed by atoms with Gasteiger partial charge in [0.1, 0.15) is 0 Å². The van der Waals surface area contributed by atoms with Crippen molar-refractivity contribution >= 4 is 5.69 Å². The van der Waals surface area contributed by atoms with Gasteiger partial charge in [0.05, 0.1) is 0 Å². The topological polar surface area (TPSA) is 52.0 Å². The van der Waals surface area contributed by atoms with Crippen LogP contribution in [0, 0.1) is 0 Å². The summed E-state index contributed by atoms with van der Waals surface area (Å²) in [6.45, 7) is 11.3. The van der Waals surface area contributed by atoms with Gasteiger partial charge < -0.3 is 11.5 Å². The molecule has 140 valence electrons. The molecular weight excluding hydrogens is 304 g/mol. The van der Waals surface area contributed by atoms with Crippen LogP contribution in [0.25, 0.3) is 0 Å². The Morgan fingerprint density at radius 2 is 1.24 bits per heavy atom. The molecule has 2 aromatic carbocycles. The van der Waals surface area contributed by atoms with Gasteiger partial charge in [-0.25, -0.2) is 0 Å². The van der Waals surface area contributed by atoms with Crippen LogP contribution in [0.4, 0.5) is 5.69 Å². The third-order valence-corrected chi connectivity index (χ3v) is 4.19. The molecule has 4 N–H and O–H groups in total. The molecule has 0 saturated carbocycles. The highest BCUT2D eigenvalue weighted by Crippen LogP contribution is 2.23. The minimum atomic E-state index is 0.645. The molecular formula is C23H38N2. The van der Waals surface area contributed by atoms with Gasteiger partial charge >= 0.3 is 0 Å². The van der Waals surface area contributed by atoms with E-state index in [9.17, 15) is 0 Å². The largest absolute Gasteiger partial charge is 0.399 e. The number of nitrogens with two attached hydrogens (primary N) is 2. The summed E-state index contributed by atoms with van der Waals surface area (Å²) < 4.78 is 0. The molecule has 0 bridgehead atoms. The number of benzene rings is 2. The Bertz CT molecular complexity index is 525. The lowest BCUT2D eigenvalue weighted by molar-refractivity contribution is 0.642. The molecule has 0 saturated heterocycles. The molecule has 25 heavy (non-hydrogen) atoms. The van der Waals surface area contributed by atoms with E-state index in [-0.39, 0.29) is 0 Å². The van der Waals surface area contributed by atoms with Gasteiger partial charge in [-0.1, -0.05) is 77.4 Å². The molecule has 0 aromatic heterocycles. The molecule has 0 aliphatic rings. The van der Waals surface area contributed by atoms with Gasteiger partial charge in [-0.15, -0.1) is 0 Å². The highest BCUT2D eigenvalue weighted by atomic mass is 14.5. The van der Waals surface area contributed by atoms with Crippen molar-refractivity contribution in [1.29, 1.82) is 0 Å². The van der Waals surface area contributed by atoms with E-state index >= 15 is 0 Å². The van der Waals surface area contributed by atoms with E-state index in [0.29, 0.717) is 12.5 Å². The minimum Gasteiger partial charge on any atom is -0.399 e. The zero-order chi connectivity index (χ0) is 19.1. The zero-order valence-electron chi connectivity index (χ0n) is 16.9. The van der Waals surface area contributed by atoms with Crippen molar-refractivity contribution in [2.24, 2.45) is 5.73 Å². The smallest absolute Gasteiger partial charge is 0.0314 e. The van der Waals surface area contributed by atoms with Crippen LogP contribution in [0.1, 0.15) is 76.5 Å². The molecule has 2 nitrogen and oxygen atoms in total. The average molecular weight is 343 g/mol. The Morgan fingerprint density at radius 1 is 0.760 bits per heavy atom. The van der Waals surface area contributed by atoms with Crippen molar-refractivity contribution < 1.29 is 0 Å². The Morgan fingerprint density at radius 3 is 1.64 bits per heavy atom. The first-order valence-corrected chi connectivity index (χ1v) is 9.77. The fourth-order valence-electron chi connectivity index (χ4n) is 2.66. The van der Waals surface area contributed by atoms with E-state index in [1.807, 2.05) is 26.0 Å². The lowest BCUT2D eigenvalue weighted by Gasteiger charge is -2.12. The quantitative estimate of drug-likeness (QED) is 0.605. The van der Waals surface area contributed by atoms with E-state index in [1.165, 1.54) is 42.4 Å². The van der Waals surface area contributed by atoms with Crippen molar-refractivity contribution in [3.05, 3.63) is 65.2 Å². The molecule has 0 heterocycles. The van der Waals surface area contributed by atoms with E-state index in [1.54, 1.807) is 0 Å². The highest BCUT2D eigenvalue weighted by Gasteiger charge is 2.05. The number of hydrogen-bond acceptors (Lipinski definition) is 2. The summed E-state index contributed by atoms with van der Waals surface area (Å²) >= 11 is 0. The SMILES string of the molecule is CC.CCC(CC)c1ccc(N)cc1.CCCc1ccc(CN)cc1. The van der Waals surface area contributed by atoms with Crippen molar-refractivity contribution in [2.75, 3.05) is 5.73 Å². The average Bonchev–Trinajstić information content (AvgIpc) is 2.67. The van der Waals surface area contributed by atoms with E-state index < -0.39 is 0 Å². The molecule has 0 fully saturated rings. The van der Waals surface area contributed by atoms with E-state index in [2.05, 4.69) is 57.2 Å². The Kier molecular flexibility index (Phi) is 13.5. The summed E-state index contributed by atoms with van der Waals surface area (Å²) in [7, 11) is 0. The maximum absolute atomic E-state index is 5.61.